The first-order chi connectivity index (χ1) is 3.42. The molecule has 0 saturated carbocycles. The Hall–Kier alpha value is 1.47. The van der Waals surface area contributed by atoms with E-state index >= 15 is 0 Å². The Kier molecular flexibility index (Phi) is 7.51. The first-order valence-corrected chi connectivity index (χ1v) is 6.54. The van der Waals surface area contributed by atoms with Crippen LogP contribution in [0.4, 0.5) is 0 Å². The average Bonchev–Trinajstić information content (AvgIpc) is 1.21. The van der Waals surface area contributed by atoms with Crippen molar-refractivity contribution in [3.8, 4) is 0 Å². The van der Waals surface area contributed by atoms with Crippen LogP contribution in [0.1, 0.15) is 20.8 Å². The second kappa shape index (κ2) is 5.17. The van der Waals surface area contributed by atoms with Crippen molar-refractivity contribution in [1.82, 2.24) is 4.98 Å². The van der Waals surface area contributed by atoms with Gasteiger partial charge in [0.2, 0.25) is 0 Å². The van der Waals surface area contributed by atoms with Crippen LogP contribution in [0.15, 0.2) is 0 Å². The van der Waals surface area contributed by atoms with Crippen LogP contribution in [-0.4, -0.2) is 13.1 Å². The second-order valence-corrected chi connectivity index (χ2v) is 6.87. The van der Waals surface area contributed by atoms with Gasteiger partial charge >= 0.3 is 7.58 Å². The Labute approximate surface area is 82.5 Å². The van der Waals surface area contributed by atoms with Crippen LogP contribution >= 0.6 is 22.2 Å². The van der Waals surface area contributed by atoms with E-state index in [1.54, 1.807) is 0 Å². The van der Waals surface area contributed by atoms with Crippen molar-refractivity contribution in [2.75, 3.05) is 0 Å². The maximum atomic E-state index is 5.56. The van der Waals surface area contributed by atoms with Gasteiger partial charge in [-0.3, -0.25) is 0 Å². The minimum absolute atomic E-state index is 0. The van der Waals surface area contributed by atoms with Crippen LogP contribution in [0.2, 0.25) is 0 Å². The molecule has 0 bridgehead atoms. The molecular weight excluding hydrogens is 209 g/mol. The van der Waals surface area contributed by atoms with Crippen molar-refractivity contribution in [2.45, 2.75) is 26.3 Å². The van der Waals surface area contributed by atoms with E-state index < -0.39 is 7.58 Å². The van der Waals surface area contributed by atoms with Gasteiger partial charge < -0.3 is 4.98 Å². The third-order valence-electron chi connectivity index (χ3n) is 0.542. The van der Waals surface area contributed by atoms with Gasteiger partial charge in [-0.15, -0.1) is 22.2 Å². The molecule has 0 atom stereocenters. The summed E-state index contributed by atoms with van der Waals surface area (Å²) >= 11 is 11.1. The van der Waals surface area contributed by atoms with Crippen LogP contribution in [0, 0.1) is 0 Å². The molecule has 1 N–H and O–H groups in total. The molecule has 9 heavy (non-hydrogen) atoms. The Balaban J connectivity index is 0. The van der Waals surface area contributed by atoms with E-state index in [0.717, 1.165) is 0 Å². The van der Waals surface area contributed by atoms with E-state index in [1.165, 1.54) is 0 Å². The van der Waals surface area contributed by atoms with Crippen LogP contribution < -0.4 is 4.98 Å². The van der Waals surface area contributed by atoms with E-state index in [2.05, 4.69) is 4.98 Å². The number of hydrogen-bond acceptors (Lipinski definition) is 1. The monoisotopic (exact) mass is 219 g/mol. The molecule has 0 aliphatic carbocycles. The minimum Gasteiger partial charge on any atom is -0.311 e. The van der Waals surface area contributed by atoms with Crippen molar-refractivity contribution < 1.29 is 21.7 Å². The molecule has 0 aromatic heterocycles. The van der Waals surface area contributed by atoms with Crippen LogP contribution in [-0.2, 0) is 21.7 Å². The molecule has 0 heterocycles. The van der Waals surface area contributed by atoms with Crippen molar-refractivity contribution in [3.05, 3.63) is 0 Å². The van der Waals surface area contributed by atoms with E-state index in [0.29, 0.717) is 0 Å². The smallest absolute Gasteiger partial charge is 0.307 e. The number of halogens is 2. The fourth-order valence-corrected chi connectivity index (χ4v) is 2.95. The van der Waals surface area contributed by atoms with Gasteiger partial charge in [-0.2, -0.15) is 0 Å². The van der Waals surface area contributed by atoms with Gasteiger partial charge in [-0.1, -0.05) is 0 Å². The molecular formula is C4H11Cl2NSiTi. The topological polar surface area (TPSA) is 12.0 Å². The number of hydrogen-bond donors (Lipinski definition) is 1. The summed E-state index contributed by atoms with van der Waals surface area (Å²) in [6.45, 7) is 6.12. The van der Waals surface area contributed by atoms with Gasteiger partial charge in [0.1, 0.15) is 0 Å². The van der Waals surface area contributed by atoms with Crippen molar-refractivity contribution in [2.24, 2.45) is 0 Å². The molecule has 0 spiro atoms. The normalized spacial score (nSPS) is 11.3. The number of rotatable bonds is 1. The van der Waals surface area contributed by atoms with E-state index in [1.807, 2.05) is 20.8 Å². The Morgan fingerprint density at radius 1 is 1.22 bits per heavy atom. The standard InChI is InChI=1S/C4H11Cl2NSi.Ti/c1-4(2,3)7-8(5)6;/h7-8H,1-3H3;. The third-order valence-corrected chi connectivity index (χ3v) is 2.28. The quantitative estimate of drug-likeness (QED) is 0.522. The first-order valence-electron chi connectivity index (χ1n) is 2.48. The Morgan fingerprint density at radius 2 is 1.56 bits per heavy atom. The molecule has 5 heteroatoms. The second-order valence-electron chi connectivity index (χ2n) is 2.70. The van der Waals surface area contributed by atoms with Gasteiger partial charge in [0.15, 0.2) is 0 Å². The SMILES string of the molecule is CC(C)(C)N[SiH](Cl)Cl.[Ti]. The van der Waals surface area contributed by atoms with Gasteiger partial charge in [0.05, 0.1) is 0 Å². The molecule has 0 amide bonds. The molecule has 1 nitrogen and oxygen atoms in total. The molecule has 0 radical (unpaired) electrons. The van der Waals surface area contributed by atoms with E-state index in [-0.39, 0.29) is 27.3 Å². The fourth-order valence-electron chi connectivity index (χ4n) is 0.327. The van der Waals surface area contributed by atoms with Crippen LogP contribution in [0.3, 0.4) is 0 Å². The molecule has 0 aliphatic heterocycles. The summed E-state index contributed by atoms with van der Waals surface area (Å²) in [6.07, 6.45) is 0. The summed E-state index contributed by atoms with van der Waals surface area (Å²) in [5.74, 6) is 0. The average molecular weight is 220 g/mol. The van der Waals surface area contributed by atoms with Gasteiger partial charge in [-0.25, -0.2) is 0 Å². The molecule has 0 unspecified atom stereocenters. The zero-order valence-electron chi connectivity index (χ0n) is 5.83. The molecule has 0 rings (SSSR count). The van der Waals surface area contributed by atoms with E-state index in [9.17, 15) is 0 Å². The van der Waals surface area contributed by atoms with Gasteiger partial charge in [-0.05, 0) is 20.8 Å². The molecule has 0 aromatic carbocycles. The summed E-state index contributed by atoms with van der Waals surface area (Å²) in [5.41, 5.74) is 0.0698. The molecule has 54 valence electrons. The maximum absolute atomic E-state index is 5.56. The summed E-state index contributed by atoms with van der Waals surface area (Å²) in [4.78, 5) is 3.05. The van der Waals surface area contributed by atoms with E-state index in [4.69, 9.17) is 22.2 Å². The van der Waals surface area contributed by atoms with Crippen molar-refractivity contribution >= 4 is 29.7 Å². The van der Waals surface area contributed by atoms with Crippen LogP contribution in [0.5, 0.6) is 0 Å². The van der Waals surface area contributed by atoms with Gasteiger partial charge in [0, 0.05) is 27.3 Å². The summed E-state index contributed by atoms with van der Waals surface area (Å²) in [6, 6.07) is 0. The van der Waals surface area contributed by atoms with Gasteiger partial charge in [0.25, 0.3) is 0 Å². The largest absolute Gasteiger partial charge is 0.311 e. The zero-order chi connectivity index (χ0) is 6.78. The Morgan fingerprint density at radius 3 is 1.56 bits per heavy atom. The molecule has 0 saturated heterocycles. The van der Waals surface area contributed by atoms with Crippen molar-refractivity contribution in [3.63, 3.8) is 0 Å². The van der Waals surface area contributed by atoms with Crippen molar-refractivity contribution in [1.29, 1.82) is 0 Å². The molecule has 0 aromatic rings. The minimum atomic E-state index is -1.60. The first kappa shape index (κ1) is 13.1. The number of nitrogens with one attached hydrogen (secondary N) is 1. The molecule has 0 fully saturated rings. The third kappa shape index (κ3) is 12.6. The summed E-state index contributed by atoms with van der Waals surface area (Å²) < 4.78 is 0. The molecule has 0 aliphatic rings. The summed E-state index contributed by atoms with van der Waals surface area (Å²) in [5, 5.41) is 0. The predicted molar refractivity (Wildman–Crippen MR) is 41.7 cm³/mol. The zero-order valence-corrected chi connectivity index (χ0v) is 10.1. The van der Waals surface area contributed by atoms with Crippen LogP contribution in [0.25, 0.3) is 0 Å². The summed E-state index contributed by atoms with van der Waals surface area (Å²) in [7, 11) is -1.60. The predicted octanol–water partition coefficient (Wildman–Crippen LogP) is 1.57. The maximum Gasteiger partial charge on any atom is 0.307 e. The Bertz CT molecular complexity index is 73.5. The fraction of sp³-hybridized carbons (Fsp3) is 1.00.